The zero-order valence-electron chi connectivity index (χ0n) is 9.31. The zero-order chi connectivity index (χ0) is 13.2. The second-order valence-electron chi connectivity index (χ2n) is 3.80. The Hall–Kier alpha value is -0.770. The van der Waals surface area contributed by atoms with Gasteiger partial charge in [0.1, 0.15) is 24.4 Å². The lowest BCUT2D eigenvalue weighted by molar-refractivity contribution is -0.406. The zero-order valence-corrected chi connectivity index (χ0v) is 9.31. The van der Waals surface area contributed by atoms with Gasteiger partial charge in [-0.2, -0.15) is 0 Å². The van der Waals surface area contributed by atoms with E-state index in [1.165, 1.54) is 6.92 Å². The summed E-state index contributed by atoms with van der Waals surface area (Å²) in [7, 11) is 0. The standard InChI is InChI=1S/C9H17NO7/c1-2-5(12)17-9(15)8(10)7(14)6(13)4(3-11)16-9/h4,6-8,11,13-15H,2-3,10H2,1H3/t4-,6-,7+,8-,9-/m1/s1. The van der Waals surface area contributed by atoms with Gasteiger partial charge in [0.05, 0.1) is 6.61 Å². The minimum Gasteiger partial charge on any atom is -0.406 e. The molecule has 1 saturated heterocycles. The second-order valence-corrected chi connectivity index (χ2v) is 3.80. The van der Waals surface area contributed by atoms with E-state index in [0.29, 0.717) is 0 Å². The third kappa shape index (κ3) is 2.73. The first-order valence-electron chi connectivity index (χ1n) is 5.20. The summed E-state index contributed by atoms with van der Waals surface area (Å²) in [6, 6.07) is -1.53. The largest absolute Gasteiger partial charge is 0.406 e. The maximum absolute atomic E-state index is 11.1. The van der Waals surface area contributed by atoms with Crippen molar-refractivity contribution in [1.29, 1.82) is 0 Å². The summed E-state index contributed by atoms with van der Waals surface area (Å²) < 4.78 is 9.40. The molecule has 0 bridgehead atoms. The van der Waals surface area contributed by atoms with Crippen molar-refractivity contribution in [3.63, 3.8) is 0 Å². The molecule has 1 aliphatic heterocycles. The van der Waals surface area contributed by atoms with Crippen LogP contribution in [0.2, 0.25) is 0 Å². The molecule has 0 aromatic carbocycles. The SMILES string of the molecule is CCC(=O)O[C@]1(O)O[C@H](CO)[C@@H](O)[C@H](O)[C@H]1N. The molecule has 0 amide bonds. The number of hydrogen-bond donors (Lipinski definition) is 5. The summed E-state index contributed by atoms with van der Waals surface area (Å²) in [6.45, 7) is 0.825. The van der Waals surface area contributed by atoms with Crippen LogP contribution in [-0.2, 0) is 14.3 Å². The highest BCUT2D eigenvalue weighted by Crippen LogP contribution is 2.28. The molecule has 100 valence electrons. The molecular weight excluding hydrogens is 234 g/mol. The molecule has 0 saturated carbocycles. The van der Waals surface area contributed by atoms with Crippen molar-refractivity contribution in [2.45, 2.75) is 43.7 Å². The third-order valence-electron chi connectivity index (χ3n) is 2.57. The van der Waals surface area contributed by atoms with Crippen molar-refractivity contribution < 1.29 is 34.7 Å². The van der Waals surface area contributed by atoms with Gasteiger partial charge >= 0.3 is 11.9 Å². The van der Waals surface area contributed by atoms with E-state index in [9.17, 15) is 20.1 Å². The van der Waals surface area contributed by atoms with E-state index in [-0.39, 0.29) is 6.42 Å². The molecule has 1 heterocycles. The summed E-state index contributed by atoms with van der Waals surface area (Å²) >= 11 is 0. The fourth-order valence-corrected chi connectivity index (χ4v) is 1.49. The molecule has 0 radical (unpaired) electrons. The lowest BCUT2D eigenvalue weighted by Crippen LogP contribution is -2.69. The van der Waals surface area contributed by atoms with Gasteiger partial charge in [-0.15, -0.1) is 0 Å². The van der Waals surface area contributed by atoms with Gasteiger partial charge in [-0.1, -0.05) is 6.92 Å². The average molecular weight is 251 g/mol. The van der Waals surface area contributed by atoms with Gasteiger partial charge in [-0.05, 0) is 0 Å². The first-order valence-corrected chi connectivity index (χ1v) is 5.20. The Kier molecular flexibility index (Phi) is 4.42. The van der Waals surface area contributed by atoms with Crippen LogP contribution in [0.5, 0.6) is 0 Å². The summed E-state index contributed by atoms with van der Waals surface area (Å²) in [4.78, 5) is 11.1. The van der Waals surface area contributed by atoms with Crippen molar-refractivity contribution in [1.82, 2.24) is 0 Å². The van der Waals surface area contributed by atoms with Crippen molar-refractivity contribution >= 4 is 5.97 Å². The highest BCUT2D eigenvalue weighted by atomic mass is 16.8. The van der Waals surface area contributed by atoms with Crippen LogP contribution in [0.3, 0.4) is 0 Å². The minimum atomic E-state index is -2.56. The fourth-order valence-electron chi connectivity index (χ4n) is 1.49. The van der Waals surface area contributed by atoms with E-state index in [0.717, 1.165) is 0 Å². The first-order chi connectivity index (χ1) is 7.85. The molecular formula is C9H17NO7. The Morgan fingerprint density at radius 2 is 2.06 bits per heavy atom. The predicted octanol–water partition coefficient (Wildman–Crippen LogP) is -2.97. The van der Waals surface area contributed by atoms with Gasteiger partial charge in [-0.25, -0.2) is 0 Å². The molecule has 1 fully saturated rings. The molecule has 0 unspecified atom stereocenters. The summed E-state index contributed by atoms with van der Waals surface area (Å²) in [5.41, 5.74) is 5.42. The highest BCUT2D eigenvalue weighted by Gasteiger charge is 2.54. The summed E-state index contributed by atoms with van der Waals surface area (Å²) in [6.07, 6.45) is -4.38. The maximum atomic E-state index is 11.1. The Labute approximate surface area is 97.6 Å². The van der Waals surface area contributed by atoms with Crippen molar-refractivity contribution in [3.05, 3.63) is 0 Å². The van der Waals surface area contributed by atoms with E-state index in [2.05, 4.69) is 4.74 Å². The van der Waals surface area contributed by atoms with Crippen LogP contribution in [-0.4, -0.2) is 63.3 Å². The second kappa shape index (κ2) is 5.25. The van der Waals surface area contributed by atoms with Crippen LogP contribution in [0, 0.1) is 0 Å². The van der Waals surface area contributed by atoms with Crippen LogP contribution in [0.1, 0.15) is 13.3 Å². The van der Waals surface area contributed by atoms with E-state index in [1.807, 2.05) is 0 Å². The average Bonchev–Trinajstić information content (AvgIpc) is 2.31. The van der Waals surface area contributed by atoms with Crippen LogP contribution < -0.4 is 5.73 Å². The van der Waals surface area contributed by atoms with Crippen molar-refractivity contribution in [3.8, 4) is 0 Å². The van der Waals surface area contributed by atoms with Gasteiger partial charge < -0.3 is 35.6 Å². The van der Waals surface area contributed by atoms with Gasteiger partial charge in [0.2, 0.25) is 0 Å². The third-order valence-corrected chi connectivity index (χ3v) is 2.57. The van der Waals surface area contributed by atoms with E-state index < -0.39 is 42.9 Å². The Balaban J connectivity index is 2.86. The molecule has 0 aromatic heterocycles. The number of aliphatic hydroxyl groups excluding tert-OH is 3. The molecule has 0 aromatic rings. The minimum absolute atomic E-state index is 0.0270. The van der Waals surface area contributed by atoms with Gasteiger partial charge in [0, 0.05) is 6.42 Å². The van der Waals surface area contributed by atoms with Gasteiger partial charge in [0.15, 0.2) is 0 Å². The Morgan fingerprint density at radius 3 is 2.53 bits per heavy atom. The number of carbonyl (C=O) groups is 1. The highest BCUT2D eigenvalue weighted by molar-refractivity contribution is 5.69. The normalized spacial score (nSPS) is 42.2. The van der Waals surface area contributed by atoms with Gasteiger partial charge in [-0.3, -0.25) is 4.79 Å². The smallest absolute Gasteiger partial charge is 0.345 e. The molecule has 6 N–H and O–H groups in total. The number of esters is 1. The quantitative estimate of drug-likeness (QED) is 0.264. The summed E-state index contributed by atoms with van der Waals surface area (Å²) in [5.74, 6) is -3.35. The number of hydrogen-bond acceptors (Lipinski definition) is 8. The molecule has 8 nitrogen and oxygen atoms in total. The number of nitrogens with two attached hydrogens (primary N) is 1. The number of carbonyl (C=O) groups excluding carboxylic acids is 1. The van der Waals surface area contributed by atoms with E-state index in [1.54, 1.807) is 0 Å². The molecule has 5 atom stereocenters. The maximum Gasteiger partial charge on any atom is 0.345 e. The molecule has 0 spiro atoms. The number of ether oxygens (including phenoxy) is 2. The van der Waals surface area contributed by atoms with Crippen LogP contribution in [0.15, 0.2) is 0 Å². The van der Waals surface area contributed by atoms with E-state index >= 15 is 0 Å². The Morgan fingerprint density at radius 1 is 1.47 bits per heavy atom. The van der Waals surface area contributed by atoms with Crippen LogP contribution >= 0.6 is 0 Å². The molecule has 1 aliphatic rings. The predicted molar refractivity (Wildman–Crippen MR) is 53.3 cm³/mol. The molecule has 1 rings (SSSR count). The van der Waals surface area contributed by atoms with Crippen LogP contribution in [0.4, 0.5) is 0 Å². The Bertz CT molecular complexity index is 285. The van der Waals surface area contributed by atoms with E-state index in [4.69, 9.17) is 15.6 Å². The molecule has 0 aliphatic carbocycles. The first kappa shape index (κ1) is 14.3. The summed E-state index contributed by atoms with van der Waals surface area (Å²) in [5, 5.41) is 37.8. The fraction of sp³-hybridized carbons (Fsp3) is 0.889. The van der Waals surface area contributed by atoms with Crippen LogP contribution in [0.25, 0.3) is 0 Å². The topological polar surface area (TPSA) is 142 Å². The lowest BCUT2D eigenvalue weighted by atomic mass is 9.96. The monoisotopic (exact) mass is 251 g/mol. The number of rotatable bonds is 3. The number of aliphatic hydroxyl groups is 4. The molecule has 17 heavy (non-hydrogen) atoms. The lowest BCUT2D eigenvalue weighted by Gasteiger charge is -2.44. The van der Waals surface area contributed by atoms with Crippen molar-refractivity contribution in [2.75, 3.05) is 6.61 Å². The van der Waals surface area contributed by atoms with Gasteiger partial charge in [0.25, 0.3) is 0 Å². The van der Waals surface area contributed by atoms with Crippen molar-refractivity contribution in [2.24, 2.45) is 5.73 Å². The molecule has 8 heteroatoms.